The summed E-state index contributed by atoms with van der Waals surface area (Å²) in [6.45, 7) is 5.10. The number of methoxy groups -OCH3 is 1. The zero-order valence-electron chi connectivity index (χ0n) is 11.7. The van der Waals surface area contributed by atoms with Crippen molar-refractivity contribution in [3.8, 4) is 5.75 Å². The average molecular weight is 262 g/mol. The number of ether oxygens (including phenoxy) is 1. The molecule has 1 atom stereocenters. The molecule has 1 heterocycles. The number of likely N-dealkylation sites (N-methyl/N-ethyl adjacent to an activating group) is 1. The highest BCUT2D eigenvalue weighted by Gasteiger charge is 2.23. The summed E-state index contributed by atoms with van der Waals surface area (Å²) in [7, 11) is 1.61. The molecular weight excluding hydrogens is 240 g/mol. The minimum absolute atomic E-state index is 0.0261. The van der Waals surface area contributed by atoms with E-state index in [1.807, 2.05) is 18.2 Å². The van der Waals surface area contributed by atoms with Crippen molar-refractivity contribution in [2.75, 3.05) is 26.7 Å². The van der Waals surface area contributed by atoms with Crippen LogP contribution in [0, 0.1) is 0 Å². The maximum Gasteiger partial charge on any atom is 0.251 e. The lowest BCUT2D eigenvalue weighted by Crippen LogP contribution is -2.40. The molecule has 1 aromatic carbocycles. The Labute approximate surface area is 114 Å². The predicted octanol–water partition coefficient (Wildman–Crippen LogP) is 1.91. The molecule has 0 aliphatic carbocycles. The summed E-state index contributed by atoms with van der Waals surface area (Å²) in [6, 6.07) is 7.74. The van der Waals surface area contributed by atoms with Gasteiger partial charge in [0.05, 0.1) is 7.11 Å². The highest BCUT2D eigenvalue weighted by Crippen LogP contribution is 2.16. The fourth-order valence-electron chi connectivity index (χ4n) is 2.62. The number of hydrogen-bond donors (Lipinski definition) is 1. The maximum absolute atomic E-state index is 12.1. The summed E-state index contributed by atoms with van der Waals surface area (Å²) in [6.07, 6.45) is 2.40. The molecule has 1 aromatic rings. The van der Waals surface area contributed by atoms with Crippen molar-refractivity contribution in [2.45, 2.75) is 25.8 Å². The van der Waals surface area contributed by atoms with Gasteiger partial charge < -0.3 is 10.1 Å². The van der Waals surface area contributed by atoms with Crippen molar-refractivity contribution in [1.29, 1.82) is 0 Å². The fourth-order valence-corrected chi connectivity index (χ4v) is 2.62. The van der Waals surface area contributed by atoms with E-state index in [1.165, 1.54) is 12.8 Å². The molecule has 0 saturated carbocycles. The summed E-state index contributed by atoms with van der Waals surface area (Å²) in [4.78, 5) is 14.5. The number of hydrogen-bond acceptors (Lipinski definition) is 3. The van der Waals surface area contributed by atoms with E-state index in [0.717, 1.165) is 19.6 Å². The molecule has 1 amide bonds. The fraction of sp³-hybridized carbons (Fsp3) is 0.533. The van der Waals surface area contributed by atoms with Crippen LogP contribution in [0.3, 0.4) is 0 Å². The Balaban J connectivity index is 1.90. The Morgan fingerprint density at radius 3 is 3.11 bits per heavy atom. The van der Waals surface area contributed by atoms with Crippen molar-refractivity contribution in [3.63, 3.8) is 0 Å². The molecule has 1 unspecified atom stereocenters. The van der Waals surface area contributed by atoms with Gasteiger partial charge in [0.15, 0.2) is 0 Å². The third-order valence-corrected chi connectivity index (χ3v) is 3.74. The van der Waals surface area contributed by atoms with Crippen molar-refractivity contribution < 1.29 is 9.53 Å². The van der Waals surface area contributed by atoms with Crippen LogP contribution in [-0.2, 0) is 0 Å². The summed E-state index contributed by atoms with van der Waals surface area (Å²) < 4.78 is 5.13. The van der Waals surface area contributed by atoms with E-state index in [0.29, 0.717) is 17.4 Å². The second kappa shape index (κ2) is 6.57. The van der Waals surface area contributed by atoms with Gasteiger partial charge in [0, 0.05) is 18.2 Å². The summed E-state index contributed by atoms with van der Waals surface area (Å²) in [5.74, 6) is 0.686. The number of carbonyl (C=O) groups excluding carboxylic acids is 1. The zero-order chi connectivity index (χ0) is 13.7. The molecule has 104 valence electrons. The Hall–Kier alpha value is -1.55. The first-order chi connectivity index (χ1) is 9.24. The number of amides is 1. The summed E-state index contributed by atoms with van der Waals surface area (Å²) >= 11 is 0. The van der Waals surface area contributed by atoms with Crippen molar-refractivity contribution in [2.24, 2.45) is 0 Å². The smallest absolute Gasteiger partial charge is 0.251 e. The van der Waals surface area contributed by atoms with E-state index in [4.69, 9.17) is 4.74 Å². The van der Waals surface area contributed by atoms with Crippen molar-refractivity contribution in [1.82, 2.24) is 10.2 Å². The SMILES string of the molecule is CCN1CCCC1CNC(=O)c1cccc(OC)c1. The molecule has 2 rings (SSSR count). The Morgan fingerprint density at radius 1 is 1.53 bits per heavy atom. The molecule has 0 radical (unpaired) electrons. The van der Waals surface area contributed by atoms with E-state index in [-0.39, 0.29) is 5.91 Å². The minimum atomic E-state index is -0.0261. The van der Waals surface area contributed by atoms with Crippen LogP contribution in [0.4, 0.5) is 0 Å². The Morgan fingerprint density at radius 2 is 2.37 bits per heavy atom. The topological polar surface area (TPSA) is 41.6 Å². The van der Waals surface area contributed by atoms with Gasteiger partial charge in [0.2, 0.25) is 0 Å². The third kappa shape index (κ3) is 3.47. The largest absolute Gasteiger partial charge is 0.497 e. The van der Waals surface area contributed by atoms with Gasteiger partial charge in [0.1, 0.15) is 5.75 Å². The van der Waals surface area contributed by atoms with E-state index in [2.05, 4.69) is 17.1 Å². The van der Waals surface area contributed by atoms with Gasteiger partial charge in [-0.1, -0.05) is 13.0 Å². The molecule has 1 aliphatic rings. The predicted molar refractivity (Wildman–Crippen MR) is 75.6 cm³/mol. The summed E-state index contributed by atoms with van der Waals surface area (Å²) in [5.41, 5.74) is 0.653. The number of likely N-dealkylation sites (tertiary alicyclic amines) is 1. The first-order valence-corrected chi connectivity index (χ1v) is 6.91. The summed E-state index contributed by atoms with van der Waals surface area (Å²) in [5, 5.41) is 3.02. The lowest BCUT2D eigenvalue weighted by atomic mass is 10.2. The quantitative estimate of drug-likeness (QED) is 0.881. The standard InChI is InChI=1S/C15H22N2O2/c1-3-17-9-5-7-13(17)11-16-15(18)12-6-4-8-14(10-12)19-2/h4,6,8,10,13H,3,5,7,9,11H2,1-2H3,(H,16,18). The van der Waals surface area contributed by atoms with Crippen LogP contribution in [0.15, 0.2) is 24.3 Å². The lowest BCUT2D eigenvalue weighted by Gasteiger charge is -2.22. The van der Waals surface area contributed by atoms with Crippen LogP contribution in [0.2, 0.25) is 0 Å². The minimum Gasteiger partial charge on any atom is -0.497 e. The molecule has 19 heavy (non-hydrogen) atoms. The maximum atomic E-state index is 12.1. The molecule has 1 fully saturated rings. The lowest BCUT2D eigenvalue weighted by molar-refractivity contribution is 0.0941. The Kier molecular flexibility index (Phi) is 4.80. The van der Waals surface area contributed by atoms with Crippen LogP contribution in [0.1, 0.15) is 30.1 Å². The number of benzene rings is 1. The van der Waals surface area contributed by atoms with E-state index < -0.39 is 0 Å². The molecule has 1 saturated heterocycles. The Bertz CT molecular complexity index is 434. The van der Waals surface area contributed by atoms with Crippen LogP contribution in [-0.4, -0.2) is 43.6 Å². The van der Waals surface area contributed by atoms with E-state index in [1.54, 1.807) is 13.2 Å². The van der Waals surface area contributed by atoms with Crippen LogP contribution in [0.25, 0.3) is 0 Å². The number of carbonyl (C=O) groups is 1. The van der Waals surface area contributed by atoms with Gasteiger partial charge in [-0.3, -0.25) is 9.69 Å². The molecule has 1 N–H and O–H groups in total. The monoisotopic (exact) mass is 262 g/mol. The highest BCUT2D eigenvalue weighted by atomic mass is 16.5. The zero-order valence-corrected chi connectivity index (χ0v) is 11.7. The highest BCUT2D eigenvalue weighted by molar-refractivity contribution is 5.94. The van der Waals surface area contributed by atoms with Gasteiger partial charge in [-0.2, -0.15) is 0 Å². The van der Waals surface area contributed by atoms with Crippen LogP contribution < -0.4 is 10.1 Å². The van der Waals surface area contributed by atoms with E-state index >= 15 is 0 Å². The first kappa shape index (κ1) is 13.9. The van der Waals surface area contributed by atoms with Gasteiger partial charge in [-0.15, -0.1) is 0 Å². The third-order valence-electron chi connectivity index (χ3n) is 3.74. The number of nitrogens with one attached hydrogen (secondary N) is 1. The van der Waals surface area contributed by atoms with Crippen LogP contribution >= 0.6 is 0 Å². The molecule has 1 aliphatic heterocycles. The second-order valence-electron chi connectivity index (χ2n) is 4.87. The van der Waals surface area contributed by atoms with Crippen molar-refractivity contribution >= 4 is 5.91 Å². The van der Waals surface area contributed by atoms with Gasteiger partial charge in [0.25, 0.3) is 5.91 Å². The average Bonchev–Trinajstić information content (AvgIpc) is 2.92. The molecule has 4 nitrogen and oxygen atoms in total. The van der Waals surface area contributed by atoms with Gasteiger partial charge in [-0.05, 0) is 44.1 Å². The molecule has 4 heteroatoms. The van der Waals surface area contributed by atoms with Crippen LogP contribution in [0.5, 0.6) is 5.75 Å². The van der Waals surface area contributed by atoms with E-state index in [9.17, 15) is 4.79 Å². The molecule has 0 bridgehead atoms. The molecular formula is C15H22N2O2. The van der Waals surface area contributed by atoms with Gasteiger partial charge >= 0.3 is 0 Å². The number of nitrogens with zero attached hydrogens (tertiary/aromatic N) is 1. The normalized spacial score (nSPS) is 19.4. The molecule has 0 aromatic heterocycles. The second-order valence-corrected chi connectivity index (χ2v) is 4.87. The van der Waals surface area contributed by atoms with Crippen molar-refractivity contribution in [3.05, 3.63) is 29.8 Å². The molecule has 0 spiro atoms. The number of rotatable bonds is 5. The first-order valence-electron chi connectivity index (χ1n) is 6.91. The van der Waals surface area contributed by atoms with Gasteiger partial charge in [-0.25, -0.2) is 0 Å².